The van der Waals surface area contributed by atoms with Crippen LogP contribution >= 0.6 is 0 Å². The summed E-state index contributed by atoms with van der Waals surface area (Å²) in [7, 11) is 1.57. The summed E-state index contributed by atoms with van der Waals surface area (Å²) in [5.74, 6) is 1.13. The molecule has 0 aliphatic rings. The maximum Gasteiger partial charge on any atom is 0.256 e. The minimum atomic E-state index is -0.286. The van der Waals surface area contributed by atoms with Gasteiger partial charge in [0.25, 0.3) is 5.91 Å². The lowest BCUT2D eigenvalue weighted by Crippen LogP contribution is -2.13. The van der Waals surface area contributed by atoms with Crippen LogP contribution in [0.1, 0.15) is 17.3 Å². The molecule has 0 spiro atoms. The molecule has 3 aromatic rings. The average molecular weight is 377 g/mol. The number of hydrogen-bond donors (Lipinski definition) is 3. The largest absolute Gasteiger partial charge is 0.497 e. The lowest BCUT2D eigenvalue weighted by molar-refractivity contribution is -0.114. The van der Waals surface area contributed by atoms with E-state index in [4.69, 9.17) is 4.74 Å². The number of amides is 2. The second-order valence-electron chi connectivity index (χ2n) is 5.87. The van der Waals surface area contributed by atoms with Crippen LogP contribution in [0.5, 0.6) is 5.75 Å². The van der Waals surface area contributed by atoms with Crippen molar-refractivity contribution in [2.24, 2.45) is 0 Å². The van der Waals surface area contributed by atoms with Gasteiger partial charge in [0.2, 0.25) is 5.91 Å². The number of carbonyl (C=O) groups excluding carboxylic acids is 2. The molecular weight excluding hydrogens is 358 g/mol. The standard InChI is InChI=1S/C20H19N5O3/c1-13(26)21-15-5-7-16(8-6-15)22-18-11-12-19(25-24-18)23-20(27)14-3-9-17(28-2)10-4-14/h3-12H,1-2H3,(H,21,26)(H,22,24)(H,23,25,27). The number of anilines is 4. The Morgan fingerprint density at radius 1 is 0.786 bits per heavy atom. The monoisotopic (exact) mass is 377 g/mol. The van der Waals surface area contributed by atoms with Gasteiger partial charge in [0.05, 0.1) is 7.11 Å². The first-order valence-electron chi connectivity index (χ1n) is 8.47. The predicted molar refractivity (Wildman–Crippen MR) is 107 cm³/mol. The van der Waals surface area contributed by atoms with Crippen LogP contribution in [0, 0.1) is 0 Å². The van der Waals surface area contributed by atoms with Crippen molar-refractivity contribution in [3.05, 3.63) is 66.2 Å². The lowest BCUT2D eigenvalue weighted by atomic mass is 10.2. The summed E-state index contributed by atoms with van der Waals surface area (Å²) in [6.07, 6.45) is 0. The Kier molecular flexibility index (Phi) is 5.81. The van der Waals surface area contributed by atoms with Crippen LogP contribution < -0.4 is 20.7 Å². The molecule has 0 aliphatic carbocycles. The molecule has 0 bridgehead atoms. The fourth-order valence-corrected chi connectivity index (χ4v) is 2.38. The molecule has 3 rings (SSSR count). The van der Waals surface area contributed by atoms with Crippen molar-refractivity contribution in [2.45, 2.75) is 6.92 Å². The SMILES string of the molecule is COc1ccc(C(=O)Nc2ccc(Nc3ccc(NC(C)=O)cc3)nn2)cc1. The summed E-state index contributed by atoms with van der Waals surface area (Å²) in [5, 5.41) is 16.5. The number of nitrogens with one attached hydrogen (secondary N) is 3. The third-order valence-corrected chi connectivity index (χ3v) is 3.74. The van der Waals surface area contributed by atoms with Gasteiger partial charge in [-0.05, 0) is 60.7 Å². The van der Waals surface area contributed by atoms with Crippen molar-refractivity contribution in [1.29, 1.82) is 0 Å². The summed E-state index contributed by atoms with van der Waals surface area (Å²) in [4.78, 5) is 23.3. The zero-order valence-corrected chi connectivity index (χ0v) is 15.4. The normalized spacial score (nSPS) is 10.1. The van der Waals surface area contributed by atoms with Crippen LogP contribution in [0.2, 0.25) is 0 Å². The molecule has 2 aromatic carbocycles. The molecule has 142 valence electrons. The van der Waals surface area contributed by atoms with Crippen molar-refractivity contribution in [3.63, 3.8) is 0 Å². The Morgan fingerprint density at radius 3 is 1.96 bits per heavy atom. The third-order valence-electron chi connectivity index (χ3n) is 3.74. The molecule has 2 amide bonds. The van der Waals surface area contributed by atoms with E-state index >= 15 is 0 Å². The molecule has 0 atom stereocenters. The Hall–Kier alpha value is -3.94. The first kappa shape index (κ1) is 18.8. The van der Waals surface area contributed by atoms with E-state index in [2.05, 4.69) is 26.1 Å². The van der Waals surface area contributed by atoms with Crippen molar-refractivity contribution in [1.82, 2.24) is 10.2 Å². The second kappa shape index (κ2) is 8.63. The van der Waals surface area contributed by atoms with Crippen LogP contribution in [-0.4, -0.2) is 29.1 Å². The van der Waals surface area contributed by atoms with E-state index in [1.165, 1.54) is 6.92 Å². The zero-order valence-electron chi connectivity index (χ0n) is 15.4. The van der Waals surface area contributed by atoms with Crippen molar-refractivity contribution in [2.75, 3.05) is 23.1 Å². The lowest BCUT2D eigenvalue weighted by Gasteiger charge is -2.08. The molecule has 1 aromatic heterocycles. The van der Waals surface area contributed by atoms with E-state index in [9.17, 15) is 9.59 Å². The number of ether oxygens (including phenoxy) is 1. The number of methoxy groups -OCH3 is 1. The number of carbonyl (C=O) groups is 2. The van der Waals surface area contributed by atoms with Gasteiger partial charge >= 0.3 is 0 Å². The minimum Gasteiger partial charge on any atom is -0.497 e. The Bertz CT molecular complexity index is 955. The Morgan fingerprint density at radius 2 is 1.39 bits per heavy atom. The average Bonchev–Trinajstić information content (AvgIpc) is 2.70. The van der Waals surface area contributed by atoms with E-state index in [1.54, 1.807) is 55.6 Å². The van der Waals surface area contributed by atoms with E-state index < -0.39 is 0 Å². The molecule has 3 N–H and O–H groups in total. The number of nitrogens with zero attached hydrogens (tertiary/aromatic N) is 2. The number of rotatable bonds is 6. The summed E-state index contributed by atoms with van der Waals surface area (Å²) >= 11 is 0. The van der Waals surface area contributed by atoms with Gasteiger partial charge in [0, 0.05) is 23.9 Å². The molecule has 0 saturated heterocycles. The highest BCUT2D eigenvalue weighted by molar-refractivity contribution is 6.03. The fourth-order valence-electron chi connectivity index (χ4n) is 2.38. The first-order chi connectivity index (χ1) is 13.5. The van der Waals surface area contributed by atoms with Gasteiger partial charge < -0.3 is 20.7 Å². The maximum absolute atomic E-state index is 12.2. The number of aromatic nitrogens is 2. The van der Waals surface area contributed by atoms with Gasteiger partial charge in [-0.25, -0.2) is 0 Å². The van der Waals surface area contributed by atoms with E-state index in [1.807, 2.05) is 12.1 Å². The van der Waals surface area contributed by atoms with Crippen LogP contribution in [-0.2, 0) is 4.79 Å². The highest BCUT2D eigenvalue weighted by atomic mass is 16.5. The molecule has 0 unspecified atom stereocenters. The zero-order chi connectivity index (χ0) is 19.9. The Balaban J connectivity index is 1.59. The number of benzene rings is 2. The van der Waals surface area contributed by atoms with Crippen molar-refractivity contribution < 1.29 is 14.3 Å². The molecular formula is C20H19N5O3. The predicted octanol–water partition coefficient (Wildman–Crippen LogP) is 3.44. The first-order valence-corrected chi connectivity index (χ1v) is 8.47. The van der Waals surface area contributed by atoms with Gasteiger partial charge in [-0.15, -0.1) is 10.2 Å². The quantitative estimate of drug-likeness (QED) is 0.608. The van der Waals surface area contributed by atoms with Gasteiger partial charge in [-0.1, -0.05) is 0 Å². The molecule has 0 radical (unpaired) electrons. The van der Waals surface area contributed by atoms with Crippen molar-refractivity contribution in [3.8, 4) is 5.75 Å². The second-order valence-corrected chi connectivity index (χ2v) is 5.87. The molecule has 0 fully saturated rings. The van der Waals surface area contributed by atoms with Crippen LogP contribution in [0.25, 0.3) is 0 Å². The minimum absolute atomic E-state index is 0.126. The fraction of sp³-hybridized carbons (Fsp3) is 0.100. The van der Waals surface area contributed by atoms with Crippen LogP contribution in [0.15, 0.2) is 60.7 Å². The molecule has 8 nitrogen and oxygen atoms in total. The van der Waals surface area contributed by atoms with Gasteiger partial charge in [-0.2, -0.15) is 0 Å². The summed E-state index contributed by atoms with van der Waals surface area (Å²) in [6.45, 7) is 1.46. The molecule has 8 heteroatoms. The molecule has 0 saturated carbocycles. The van der Waals surface area contributed by atoms with Gasteiger partial charge in [0.15, 0.2) is 11.6 Å². The third kappa shape index (κ3) is 5.04. The molecule has 0 aliphatic heterocycles. The molecule has 28 heavy (non-hydrogen) atoms. The highest BCUT2D eigenvalue weighted by Crippen LogP contribution is 2.18. The molecule has 1 heterocycles. The van der Waals surface area contributed by atoms with Crippen molar-refractivity contribution >= 4 is 34.8 Å². The maximum atomic E-state index is 12.2. The summed E-state index contributed by atoms with van der Waals surface area (Å²) in [5.41, 5.74) is 1.99. The Labute approximate surface area is 161 Å². The van der Waals surface area contributed by atoms with E-state index in [0.29, 0.717) is 28.6 Å². The smallest absolute Gasteiger partial charge is 0.256 e. The summed E-state index contributed by atoms with van der Waals surface area (Å²) in [6, 6.07) is 17.3. The van der Waals surface area contributed by atoms with Crippen LogP contribution in [0.4, 0.5) is 23.0 Å². The van der Waals surface area contributed by atoms with Crippen LogP contribution in [0.3, 0.4) is 0 Å². The number of hydrogen-bond acceptors (Lipinski definition) is 6. The topological polar surface area (TPSA) is 105 Å². The van der Waals surface area contributed by atoms with Gasteiger partial charge in [-0.3, -0.25) is 9.59 Å². The van der Waals surface area contributed by atoms with E-state index in [0.717, 1.165) is 5.69 Å². The highest BCUT2D eigenvalue weighted by Gasteiger charge is 2.08. The van der Waals surface area contributed by atoms with Gasteiger partial charge in [0.1, 0.15) is 5.75 Å². The summed E-state index contributed by atoms with van der Waals surface area (Å²) < 4.78 is 5.07. The van der Waals surface area contributed by atoms with E-state index in [-0.39, 0.29) is 11.8 Å².